The van der Waals surface area contributed by atoms with Gasteiger partial charge in [0.05, 0.1) is 11.0 Å². The van der Waals surface area contributed by atoms with Crippen LogP contribution in [0.4, 0.5) is 0 Å². The van der Waals surface area contributed by atoms with Crippen molar-refractivity contribution in [3.8, 4) is 0 Å². The first kappa shape index (κ1) is 15.6. The monoisotopic (exact) mass is 391 g/mol. The second-order valence-electron chi connectivity index (χ2n) is 6.24. The molecule has 0 unspecified atom stereocenters. The number of halogens is 2. The van der Waals surface area contributed by atoms with Crippen molar-refractivity contribution in [3.63, 3.8) is 0 Å². The third-order valence-electron chi connectivity index (χ3n) is 4.00. The SMILES string of the molecule is CC(C)CC1(CNCc2cc(Br)c(Br)o2)CCCC1. The Morgan fingerprint density at radius 3 is 2.53 bits per heavy atom. The van der Waals surface area contributed by atoms with Crippen molar-refractivity contribution in [2.24, 2.45) is 11.3 Å². The molecule has 1 aromatic heterocycles. The second-order valence-corrected chi connectivity index (χ2v) is 7.82. The highest BCUT2D eigenvalue weighted by atomic mass is 79.9. The fraction of sp³-hybridized carbons (Fsp3) is 0.733. The first-order valence-electron chi connectivity index (χ1n) is 7.15. The Kier molecular flexibility index (Phi) is 5.55. The third kappa shape index (κ3) is 4.33. The molecule has 0 atom stereocenters. The van der Waals surface area contributed by atoms with Gasteiger partial charge in [-0.15, -0.1) is 0 Å². The van der Waals surface area contributed by atoms with Crippen molar-refractivity contribution in [3.05, 3.63) is 21.0 Å². The highest BCUT2D eigenvalue weighted by Crippen LogP contribution is 2.42. The Morgan fingerprint density at radius 1 is 1.32 bits per heavy atom. The van der Waals surface area contributed by atoms with Crippen molar-refractivity contribution in [2.45, 2.75) is 52.5 Å². The van der Waals surface area contributed by atoms with Crippen LogP contribution in [0, 0.1) is 11.3 Å². The molecule has 0 amide bonds. The largest absolute Gasteiger partial charge is 0.452 e. The zero-order chi connectivity index (χ0) is 13.9. The molecule has 0 saturated heterocycles. The van der Waals surface area contributed by atoms with E-state index in [0.717, 1.165) is 33.9 Å². The number of furan rings is 1. The van der Waals surface area contributed by atoms with Gasteiger partial charge in [-0.1, -0.05) is 26.7 Å². The van der Waals surface area contributed by atoms with Crippen LogP contribution < -0.4 is 5.32 Å². The highest BCUT2D eigenvalue weighted by molar-refractivity contribution is 9.13. The summed E-state index contributed by atoms with van der Waals surface area (Å²) in [7, 11) is 0. The topological polar surface area (TPSA) is 25.2 Å². The third-order valence-corrected chi connectivity index (χ3v) is 5.71. The molecule has 2 nitrogen and oxygen atoms in total. The zero-order valence-corrected chi connectivity index (χ0v) is 14.9. The average Bonchev–Trinajstić information content (AvgIpc) is 2.87. The van der Waals surface area contributed by atoms with Crippen LogP contribution in [0.1, 0.15) is 51.7 Å². The lowest BCUT2D eigenvalue weighted by atomic mass is 9.78. The fourth-order valence-electron chi connectivity index (χ4n) is 3.37. The molecular weight excluding hydrogens is 370 g/mol. The molecule has 0 spiro atoms. The molecular formula is C15H23Br2NO. The number of hydrogen-bond donors (Lipinski definition) is 1. The van der Waals surface area contributed by atoms with Crippen LogP contribution in [0.5, 0.6) is 0 Å². The van der Waals surface area contributed by atoms with E-state index >= 15 is 0 Å². The van der Waals surface area contributed by atoms with E-state index in [1.165, 1.54) is 32.1 Å². The lowest BCUT2D eigenvalue weighted by Gasteiger charge is -2.31. The molecule has 1 saturated carbocycles. The summed E-state index contributed by atoms with van der Waals surface area (Å²) in [6.45, 7) is 6.59. The second kappa shape index (κ2) is 6.77. The van der Waals surface area contributed by atoms with Crippen molar-refractivity contribution in [1.29, 1.82) is 0 Å². The van der Waals surface area contributed by atoms with Crippen molar-refractivity contribution >= 4 is 31.9 Å². The van der Waals surface area contributed by atoms with Crippen molar-refractivity contribution in [1.82, 2.24) is 5.32 Å². The maximum absolute atomic E-state index is 5.60. The van der Waals surface area contributed by atoms with Gasteiger partial charge in [0.15, 0.2) is 4.67 Å². The summed E-state index contributed by atoms with van der Waals surface area (Å²) < 4.78 is 7.37. The summed E-state index contributed by atoms with van der Waals surface area (Å²) in [5.41, 5.74) is 0.523. The molecule has 0 aromatic carbocycles. The minimum absolute atomic E-state index is 0.523. The van der Waals surface area contributed by atoms with E-state index < -0.39 is 0 Å². The summed E-state index contributed by atoms with van der Waals surface area (Å²) in [5, 5.41) is 3.59. The maximum Gasteiger partial charge on any atom is 0.183 e. The molecule has 19 heavy (non-hydrogen) atoms. The van der Waals surface area contributed by atoms with Gasteiger partial charge < -0.3 is 9.73 Å². The lowest BCUT2D eigenvalue weighted by Crippen LogP contribution is -2.33. The Balaban J connectivity index is 1.85. The highest BCUT2D eigenvalue weighted by Gasteiger charge is 2.33. The van der Waals surface area contributed by atoms with E-state index in [-0.39, 0.29) is 0 Å². The summed E-state index contributed by atoms with van der Waals surface area (Å²) in [6, 6.07) is 2.03. The van der Waals surface area contributed by atoms with Gasteiger partial charge in [0.2, 0.25) is 0 Å². The predicted molar refractivity (Wildman–Crippen MR) is 86.2 cm³/mol. The Morgan fingerprint density at radius 2 is 2.00 bits per heavy atom. The molecule has 2 rings (SSSR count). The van der Waals surface area contributed by atoms with Crippen molar-refractivity contribution in [2.75, 3.05) is 6.54 Å². The molecule has 1 aromatic rings. The van der Waals surface area contributed by atoms with Crippen LogP contribution in [-0.4, -0.2) is 6.54 Å². The first-order valence-corrected chi connectivity index (χ1v) is 8.74. The van der Waals surface area contributed by atoms with Crippen LogP contribution in [0.2, 0.25) is 0 Å². The van der Waals surface area contributed by atoms with E-state index in [1.807, 2.05) is 6.07 Å². The van der Waals surface area contributed by atoms with Gasteiger partial charge in [-0.25, -0.2) is 0 Å². The molecule has 1 heterocycles. The molecule has 1 aliphatic carbocycles. The molecule has 1 aliphatic rings. The minimum Gasteiger partial charge on any atom is -0.452 e. The Hall–Kier alpha value is 0.200. The number of rotatable bonds is 6. The number of hydrogen-bond acceptors (Lipinski definition) is 2. The van der Waals surface area contributed by atoms with E-state index in [2.05, 4.69) is 51.0 Å². The number of nitrogens with one attached hydrogen (secondary N) is 1. The Bertz CT molecular complexity index is 389. The first-order chi connectivity index (χ1) is 9.01. The van der Waals surface area contributed by atoms with Gasteiger partial charge in [-0.2, -0.15) is 0 Å². The summed E-state index contributed by atoms with van der Waals surface area (Å²) in [6.07, 6.45) is 6.89. The molecule has 0 radical (unpaired) electrons. The van der Waals surface area contributed by atoms with Crippen LogP contribution in [0.25, 0.3) is 0 Å². The van der Waals surface area contributed by atoms with Crippen LogP contribution in [0.3, 0.4) is 0 Å². The summed E-state index contributed by atoms with van der Waals surface area (Å²) in [4.78, 5) is 0. The standard InChI is InChI=1S/C15H23Br2NO/c1-11(2)8-15(5-3-4-6-15)10-18-9-12-7-13(16)14(17)19-12/h7,11,18H,3-6,8-10H2,1-2H3. The predicted octanol–water partition coefficient (Wildman–Crippen LogP) is 5.50. The van der Waals surface area contributed by atoms with Gasteiger partial charge in [-0.05, 0) is 68.5 Å². The minimum atomic E-state index is 0.523. The normalized spacial score (nSPS) is 18.4. The lowest BCUT2D eigenvalue weighted by molar-refractivity contribution is 0.221. The van der Waals surface area contributed by atoms with Crippen LogP contribution in [-0.2, 0) is 6.54 Å². The van der Waals surface area contributed by atoms with Crippen molar-refractivity contribution < 1.29 is 4.42 Å². The van der Waals surface area contributed by atoms with Gasteiger partial charge in [0, 0.05) is 6.54 Å². The fourth-order valence-corrected chi connectivity index (χ4v) is 4.03. The molecule has 4 heteroatoms. The van der Waals surface area contributed by atoms with E-state index in [4.69, 9.17) is 4.42 Å². The molecule has 1 fully saturated rings. The zero-order valence-electron chi connectivity index (χ0n) is 11.8. The maximum atomic E-state index is 5.60. The van der Waals surface area contributed by atoms with Crippen LogP contribution in [0.15, 0.2) is 19.6 Å². The van der Waals surface area contributed by atoms with Gasteiger partial charge in [0.25, 0.3) is 0 Å². The van der Waals surface area contributed by atoms with Gasteiger partial charge in [0.1, 0.15) is 5.76 Å². The quantitative estimate of drug-likeness (QED) is 0.691. The van der Waals surface area contributed by atoms with Gasteiger partial charge in [-0.3, -0.25) is 0 Å². The summed E-state index contributed by atoms with van der Waals surface area (Å²) >= 11 is 6.83. The Labute approximate surface area is 133 Å². The molecule has 0 aliphatic heterocycles. The average molecular weight is 393 g/mol. The van der Waals surface area contributed by atoms with Crippen LogP contribution >= 0.6 is 31.9 Å². The smallest absolute Gasteiger partial charge is 0.183 e. The molecule has 0 bridgehead atoms. The molecule has 1 N–H and O–H groups in total. The van der Waals surface area contributed by atoms with E-state index in [0.29, 0.717) is 5.41 Å². The van der Waals surface area contributed by atoms with E-state index in [1.54, 1.807) is 0 Å². The van der Waals surface area contributed by atoms with E-state index in [9.17, 15) is 0 Å². The molecule has 108 valence electrons. The summed E-state index contributed by atoms with van der Waals surface area (Å²) in [5.74, 6) is 1.77. The van der Waals surface area contributed by atoms with Gasteiger partial charge >= 0.3 is 0 Å².